The first-order chi connectivity index (χ1) is 13.1. The minimum atomic E-state index is -1.76. The Morgan fingerprint density at radius 3 is 1.75 bits per heavy atom. The number of carbonyl (C=O) groups excluding carboxylic acids is 1. The maximum atomic E-state index is 11.6. The zero-order valence-corrected chi connectivity index (χ0v) is 15.4. The van der Waals surface area contributed by atoms with E-state index in [4.69, 9.17) is 18.9 Å². The number of carbonyl (C=O) groups is 1. The van der Waals surface area contributed by atoms with Crippen LogP contribution in [0.1, 0.15) is 13.8 Å². The van der Waals surface area contributed by atoms with Gasteiger partial charge in [-0.05, 0) is 0 Å². The van der Waals surface area contributed by atoms with Crippen LogP contribution in [0, 0.1) is 5.92 Å². The number of rotatable bonds is 6. The van der Waals surface area contributed by atoms with E-state index >= 15 is 0 Å². The Morgan fingerprint density at radius 2 is 1.29 bits per heavy atom. The molecule has 0 spiro atoms. The minimum Gasteiger partial charge on any atom is -0.463 e. The molecular weight excluding hydrogens is 384 g/mol. The molecule has 0 saturated carbocycles. The molecule has 0 unspecified atom stereocenters. The molecule has 2 rings (SSSR count). The van der Waals surface area contributed by atoms with Crippen LogP contribution in [0.25, 0.3) is 0 Å². The molecule has 2 saturated heterocycles. The largest absolute Gasteiger partial charge is 0.463 e. The van der Waals surface area contributed by atoms with Gasteiger partial charge in [0.15, 0.2) is 12.6 Å². The smallest absolute Gasteiger partial charge is 0.308 e. The van der Waals surface area contributed by atoms with Crippen molar-refractivity contribution < 1.29 is 59.5 Å². The summed E-state index contributed by atoms with van der Waals surface area (Å²) in [6.45, 7) is 2.08. The molecule has 7 N–H and O–H groups in total. The van der Waals surface area contributed by atoms with Crippen LogP contribution in [0.15, 0.2) is 0 Å². The molecule has 0 aromatic heterocycles. The van der Waals surface area contributed by atoms with Gasteiger partial charge in [-0.3, -0.25) is 4.79 Å². The lowest BCUT2D eigenvalue weighted by Crippen LogP contribution is -2.63. The van der Waals surface area contributed by atoms with E-state index in [2.05, 4.69) is 0 Å². The molecule has 164 valence electrons. The molecule has 12 heteroatoms. The average molecular weight is 412 g/mol. The summed E-state index contributed by atoms with van der Waals surface area (Å²) in [6, 6.07) is 0. The Morgan fingerprint density at radius 1 is 0.821 bits per heavy atom. The van der Waals surface area contributed by atoms with E-state index in [1.807, 2.05) is 0 Å². The molecular formula is C16H28O12. The second kappa shape index (κ2) is 9.71. The van der Waals surface area contributed by atoms with Gasteiger partial charge < -0.3 is 54.7 Å². The van der Waals surface area contributed by atoms with Crippen LogP contribution < -0.4 is 0 Å². The third-order valence-corrected chi connectivity index (χ3v) is 4.65. The van der Waals surface area contributed by atoms with Crippen LogP contribution in [0.4, 0.5) is 0 Å². The summed E-state index contributed by atoms with van der Waals surface area (Å²) in [7, 11) is 0. The van der Waals surface area contributed by atoms with Crippen molar-refractivity contribution in [1.82, 2.24) is 0 Å². The quantitative estimate of drug-likeness (QED) is 0.208. The van der Waals surface area contributed by atoms with Gasteiger partial charge in [-0.15, -0.1) is 0 Å². The zero-order valence-electron chi connectivity index (χ0n) is 15.4. The van der Waals surface area contributed by atoms with Gasteiger partial charge in [-0.25, -0.2) is 0 Å². The first-order valence-electron chi connectivity index (χ1n) is 8.90. The number of esters is 1. The van der Waals surface area contributed by atoms with Gasteiger partial charge in [0.05, 0.1) is 12.5 Å². The van der Waals surface area contributed by atoms with Crippen molar-refractivity contribution in [2.75, 3.05) is 13.2 Å². The fraction of sp³-hybridized carbons (Fsp3) is 0.938. The van der Waals surface area contributed by atoms with Crippen molar-refractivity contribution in [2.45, 2.75) is 75.3 Å². The van der Waals surface area contributed by atoms with E-state index in [-0.39, 0.29) is 0 Å². The summed E-state index contributed by atoms with van der Waals surface area (Å²) in [5, 5.41) is 68.9. The highest BCUT2D eigenvalue weighted by molar-refractivity contribution is 5.71. The summed E-state index contributed by atoms with van der Waals surface area (Å²) < 4.78 is 20.7. The predicted octanol–water partition coefficient (Wildman–Crippen LogP) is -4.19. The molecule has 0 amide bonds. The van der Waals surface area contributed by atoms with Gasteiger partial charge in [0.2, 0.25) is 0 Å². The van der Waals surface area contributed by atoms with Crippen molar-refractivity contribution in [3.8, 4) is 0 Å². The lowest BCUT2D eigenvalue weighted by Gasteiger charge is -2.44. The minimum absolute atomic E-state index is 0.433. The van der Waals surface area contributed by atoms with E-state index in [0.29, 0.717) is 0 Å². The maximum Gasteiger partial charge on any atom is 0.308 e. The van der Waals surface area contributed by atoms with Crippen molar-refractivity contribution >= 4 is 5.97 Å². The SMILES string of the molecule is CC(C)C(=O)OC[C@@H]1O[C@@H](O[C@@H]2O[C@@H](CO)[C@H](O)[C@@H](O)[C@@H]2O)[C@@H](O)[C@H](O)[C@H]1O. The number of aliphatic hydroxyl groups excluding tert-OH is 7. The third-order valence-electron chi connectivity index (χ3n) is 4.65. The van der Waals surface area contributed by atoms with Gasteiger partial charge in [0.1, 0.15) is 55.4 Å². The first kappa shape index (κ1) is 23.3. The zero-order chi connectivity index (χ0) is 21.2. The highest BCUT2D eigenvalue weighted by Crippen LogP contribution is 2.28. The van der Waals surface area contributed by atoms with Crippen LogP contribution in [0.2, 0.25) is 0 Å². The second-order valence-electron chi connectivity index (χ2n) is 7.13. The molecule has 0 aromatic carbocycles. The van der Waals surface area contributed by atoms with E-state index in [1.54, 1.807) is 13.8 Å². The molecule has 0 aliphatic carbocycles. The Labute approximate surface area is 160 Å². The Balaban J connectivity index is 2.05. The normalized spacial score (nSPS) is 44.5. The number of hydrogen-bond acceptors (Lipinski definition) is 12. The number of aliphatic hydroxyl groups is 7. The molecule has 2 heterocycles. The molecule has 0 radical (unpaired) electrons. The van der Waals surface area contributed by atoms with Gasteiger partial charge in [0.25, 0.3) is 0 Å². The van der Waals surface area contributed by atoms with Crippen LogP contribution >= 0.6 is 0 Å². The number of hydrogen-bond donors (Lipinski definition) is 7. The fourth-order valence-electron chi connectivity index (χ4n) is 2.81. The predicted molar refractivity (Wildman–Crippen MR) is 87.3 cm³/mol. The summed E-state index contributed by atoms with van der Waals surface area (Å²) in [5.74, 6) is -1.000. The summed E-state index contributed by atoms with van der Waals surface area (Å²) in [5.41, 5.74) is 0. The maximum absolute atomic E-state index is 11.6. The van der Waals surface area contributed by atoms with Crippen molar-refractivity contribution in [3.63, 3.8) is 0 Å². The molecule has 10 atom stereocenters. The third kappa shape index (κ3) is 4.97. The molecule has 2 fully saturated rings. The monoisotopic (exact) mass is 412 g/mol. The Hall–Kier alpha value is -0.930. The van der Waals surface area contributed by atoms with Crippen LogP contribution in [-0.2, 0) is 23.7 Å². The van der Waals surface area contributed by atoms with Crippen molar-refractivity contribution in [3.05, 3.63) is 0 Å². The van der Waals surface area contributed by atoms with E-state index in [1.165, 1.54) is 0 Å². The topological polar surface area (TPSA) is 196 Å². The summed E-state index contributed by atoms with van der Waals surface area (Å²) >= 11 is 0. The van der Waals surface area contributed by atoms with Crippen molar-refractivity contribution in [2.24, 2.45) is 5.92 Å². The lowest BCUT2D eigenvalue weighted by molar-refractivity contribution is -0.376. The highest BCUT2D eigenvalue weighted by atomic mass is 16.8. The van der Waals surface area contributed by atoms with Gasteiger partial charge in [-0.1, -0.05) is 13.8 Å². The average Bonchev–Trinajstić information content (AvgIpc) is 2.67. The van der Waals surface area contributed by atoms with E-state index in [0.717, 1.165) is 0 Å². The lowest BCUT2D eigenvalue weighted by atomic mass is 9.98. The Bertz CT molecular complexity index is 514. The standard InChI is InChI=1S/C16H28O12/c1-5(2)14(24)25-4-7-9(19)11(21)13(23)16(27-7)28-15-12(22)10(20)8(18)6(3-17)26-15/h5-13,15-23H,3-4H2,1-2H3/t6-,7-,8-,9-,10+,11+,12-,13-,15-,16-/m0/s1. The molecule has 28 heavy (non-hydrogen) atoms. The summed E-state index contributed by atoms with van der Waals surface area (Å²) in [4.78, 5) is 11.6. The van der Waals surface area contributed by atoms with Crippen molar-refractivity contribution in [1.29, 1.82) is 0 Å². The van der Waals surface area contributed by atoms with Gasteiger partial charge >= 0.3 is 5.97 Å². The van der Waals surface area contributed by atoms with Gasteiger partial charge in [-0.2, -0.15) is 0 Å². The molecule has 12 nitrogen and oxygen atoms in total. The fourth-order valence-corrected chi connectivity index (χ4v) is 2.81. The summed E-state index contributed by atoms with van der Waals surface area (Å²) in [6.07, 6.45) is -15.9. The van der Waals surface area contributed by atoms with Crippen LogP contribution in [-0.4, -0.2) is 116 Å². The molecule has 2 aliphatic rings. The molecule has 0 bridgehead atoms. The Kier molecular flexibility index (Phi) is 8.10. The highest BCUT2D eigenvalue weighted by Gasteiger charge is 2.49. The number of ether oxygens (including phenoxy) is 4. The first-order valence-corrected chi connectivity index (χ1v) is 8.90. The second-order valence-corrected chi connectivity index (χ2v) is 7.13. The molecule has 0 aromatic rings. The van der Waals surface area contributed by atoms with E-state index < -0.39 is 86.5 Å². The molecule has 2 aliphatic heterocycles. The van der Waals surface area contributed by atoms with Crippen LogP contribution in [0.5, 0.6) is 0 Å². The van der Waals surface area contributed by atoms with E-state index in [9.17, 15) is 40.5 Å². The van der Waals surface area contributed by atoms with Crippen LogP contribution in [0.3, 0.4) is 0 Å². The van der Waals surface area contributed by atoms with Gasteiger partial charge in [0, 0.05) is 0 Å².